The third-order valence-electron chi connectivity index (χ3n) is 1.77. The molecule has 0 atom stereocenters. The van der Waals surface area contributed by atoms with Crippen molar-refractivity contribution in [2.45, 2.75) is 20.5 Å². The largest absolute Gasteiger partial charge is 0.396 e. The normalized spacial score (nSPS) is 11.9. The van der Waals surface area contributed by atoms with Crippen molar-refractivity contribution in [3.63, 3.8) is 0 Å². The van der Waals surface area contributed by atoms with Crippen LogP contribution in [0.1, 0.15) is 19.4 Å². The van der Waals surface area contributed by atoms with E-state index in [1.54, 1.807) is 11.3 Å². The Kier molecular flexibility index (Phi) is 3.90. The number of ether oxygens (including phenoxy) is 1. The van der Waals surface area contributed by atoms with E-state index in [4.69, 9.17) is 9.84 Å². The molecule has 1 heterocycles. The molecule has 2 nitrogen and oxygen atoms in total. The summed E-state index contributed by atoms with van der Waals surface area (Å²) < 4.78 is 5.48. The van der Waals surface area contributed by atoms with Crippen molar-refractivity contribution in [2.75, 3.05) is 13.2 Å². The third kappa shape index (κ3) is 3.89. The second-order valence-corrected chi connectivity index (χ2v) is 4.73. The molecular weight excluding hydrogens is 184 g/mol. The van der Waals surface area contributed by atoms with E-state index in [2.05, 4.69) is 11.4 Å². The van der Waals surface area contributed by atoms with Crippen LogP contribution in [0.15, 0.2) is 16.8 Å². The van der Waals surface area contributed by atoms with Crippen LogP contribution in [0.5, 0.6) is 0 Å². The summed E-state index contributed by atoms with van der Waals surface area (Å²) in [5.41, 5.74) is 1.08. The van der Waals surface area contributed by atoms with Crippen molar-refractivity contribution in [1.82, 2.24) is 0 Å². The highest BCUT2D eigenvalue weighted by Crippen LogP contribution is 2.15. The zero-order chi connectivity index (χ0) is 9.73. The molecule has 0 aromatic carbocycles. The van der Waals surface area contributed by atoms with Gasteiger partial charge in [0.25, 0.3) is 0 Å². The molecule has 0 spiro atoms. The van der Waals surface area contributed by atoms with Crippen LogP contribution in [0.3, 0.4) is 0 Å². The Bertz CT molecular complexity index is 229. The average Bonchev–Trinajstić information content (AvgIpc) is 2.57. The summed E-state index contributed by atoms with van der Waals surface area (Å²) in [6.45, 7) is 5.38. The fourth-order valence-electron chi connectivity index (χ4n) is 0.866. The lowest BCUT2D eigenvalue weighted by molar-refractivity contribution is 0.0199. The molecule has 0 aliphatic heterocycles. The highest BCUT2D eigenvalue weighted by Gasteiger charge is 2.16. The summed E-state index contributed by atoms with van der Waals surface area (Å²) in [5.74, 6) is 0. The van der Waals surface area contributed by atoms with Crippen LogP contribution in [0, 0.1) is 5.41 Å². The number of thiophene rings is 1. The van der Waals surface area contributed by atoms with Gasteiger partial charge in [-0.1, -0.05) is 13.8 Å². The molecule has 1 aromatic rings. The molecule has 0 radical (unpaired) electrons. The van der Waals surface area contributed by atoms with Crippen LogP contribution in [0.4, 0.5) is 0 Å². The molecule has 13 heavy (non-hydrogen) atoms. The molecule has 0 fully saturated rings. The average molecular weight is 200 g/mol. The van der Waals surface area contributed by atoms with Crippen LogP contribution >= 0.6 is 11.3 Å². The molecule has 0 bridgehead atoms. The lowest BCUT2D eigenvalue weighted by Crippen LogP contribution is -2.23. The molecule has 0 saturated heterocycles. The molecule has 1 rings (SSSR count). The van der Waals surface area contributed by atoms with Gasteiger partial charge < -0.3 is 9.84 Å². The highest BCUT2D eigenvalue weighted by molar-refractivity contribution is 7.07. The molecule has 0 aliphatic carbocycles. The third-order valence-corrected chi connectivity index (χ3v) is 2.50. The number of rotatable bonds is 5. The van der Waals surface area contributed by atoms with Crippen LogP contribution in [0.2, 0.25) is 0 Å². The minimum atomic E-state index is -0.129. The first-order valence-corrected chi connectivity index (χ1v) is 5.28. The van der Waals surface area contributed by atoms with E-state index in [1.807, 2.05) is 19.2 Å². The monoisotopic (exact) mass is 200 g/mol. The first-order chi connectivity index (χ1) is 6.14. The molecule has 1 aromatic heterocycles. The smallest absolute Gasteiger partial charge is 0.0725 e. The summed E-state index contributed by atoms with van der Waals surface area (Å²) >= 11 is 1.67. The standard InChI is InChI=1S/C10H16O2S/c1-10(2,7-11)8-12-5-9-3-4-13-6-9/h3-4,6,11H,5,7-8H2,1-2H3. The van der Waals surface area contributed by atoms with Gasteiger partial charge in [-0.05, 0) is 22.4 Å². The molecule has 3 heteroatoms. The van der Waals surface area contributed by atoms with E-state index in [0.29, 0.717) is 13.2 Å². The van der Waals surface area contributed by atoms with Gasteiger partial charge in [0.2, 0.25) is 0 Å². The maximum Gasteiger partial charge on any atom is 0.0725 e. The van der Waals surface area contributed by atoms with Gasteiger partial charge in [0.15, 0.2) is 0 Å². The van der Waals surface area contributed by atoms with Crippen molar-refractivity contribution in [2.24, 2.45) is 5.41 Å². The summed E-state index contributed by atoms with van der Waals surface area (Å²) in [4.78, 5) is 0. The van der Waals surface area contributed by atoms with Crippen molar-refractivity contribution in [3.8, 4) is 0 Å². The van der Waals surface area contributed by atoms with Gasteiger partial charge in [0.05, 0.1) is 19.8 Å². The fourth-order valence-corrected chi connectivity index (χ4v) is 1.52. The minimum Gasteiger partial charge on any atom is -0.396 e. The van der Waals surface area contributed by atoms with E-state index in [-0.39, 0.29) is 12.0 Å². The van der Waals surface area contributed by atoms with Crippen molar-refractivity contribution >= 4 is 11.3 Å². The van der Waals surface area contributed by atoms with Gasteiger partial charge >= 0.3 is 0 Å². The van der Waals surface area contributed by atoms with Gasteiger partial charge in [0, 0.05) is 5.41 Å². The maximum atomic E-state index is 8.97. The summed E-state index contributed by atoms with van der Waals surface area (Å²) in [6, 6.07) is 2.05. The van der Waals surface area contributed by atoms with Gasteiger partial charge in [-0.3, -0.25) is 0 Å². The molecule has 1 N–H and O–H groups in total. The molecule has 0 saturated carbocycles. The van der Waals surface area contributed by atoms with E-state index in [1.165, 1.54) is 5.56 Å². The Morgan fingerprint density at radius 2 is 2.31 bits per heavy atom. The van der Waals surface area contributed by atoms with Crippen LogP contribution in [-0.2, 0) is 11.3 Å². The number of hydrogen-bond acceptors (Lipinski definition) is 3. The van der Waals surface area contributed by atoms with Gasteiger partial charge in [-0.25, -0.2) is 0 Å². The van der Waals surface area contributed by atoms with Crippen LogP contribution < -0.4 is 0 Å². The van der Waals surface area contributed by atoms with E-state index in [0.717, 1.165) is 0 Å². The van der Waals surface area contributed by atoms with Crippen molar-refractivity contribution in [3.05, 3.63) is 22.4 Å². The Hall–Kier alpha value is -0.380. The Morgan fingerprint density at radius 1 is 1.54 bits per heavy atom. The number of aliphatic hydroxyl groups is 1. The zero-order valence-corrected chi connectivity index (χ0v) is 8.93. The Labute approximate surface area is 83.2 Å². The zero-order valence-electron chi connectivity index (χ0n) is 8.12. The predicted octanol–water partition coefficient (Wildman–Crippen LogP) is 2.28. The molecule has 0 unspecified atom stereocenters. The molecule has 74 valence electrons. The van der Waals surface area contributed by atoms with Gasteiger partial charge in [0.1, 0.15) is 0 Å². The quantitative estimate of drug-likeness (QED) is 0.790. The highest BCUT2D eigenvalue weighted by atomic mass is 32.1. The number of aliphatic hydroxyl groups excluding tert-OH is 1. The van der Waals surface area contributed by atoms with E-state index < -0.39 is 0 Å². The van der Waals surface area contributed by atoms with Crippen LogP contribution in [-0.4, -0.2) is 18.3 Å². The lowest BCUT2D eigenvalue weighted by Gasteiger charge is -2.20. The first-order valence-electron chi connectivity index (χ1n) is 4.34. The first kappa shape index (κ1) is 10.7. The fraction of sp³-hybridized carbons (Fsp3) is 0.600. The SMILES string of the molecule is CC(C)(CO)COCc1ccsc1. The van der Waals surface area contributed by atoms with Crippen LogP contribution in [0.25, 0.3) is 0 Å². The van der Waals surface area contributed by atoms with Crippen molar-refractivity contribution < 1.29 is 9.84 Å². The number of hydrogen-bond donors (Lipinski definition) is 1. The Balaban J connectivity index is 2.21. The van der Waals surface area contributed by atoms with Gasteiger partial charge in [-0.15, -0.1) is 0 Å². The topological polar surface area (TPSA) is 29.5 Å². The molecule has 0 amide bonds. The summed E-state index contributed by atoms with van der Waals surface area (Å²) in [6.07, 6.45) is 0. The lowest BCUT2D eigenvalue weighted by atomic mass is 9.97. The predicted molar refractivity (Wildman–Crippen MR) is 54.8 cm³/mol. The molecular formula is C10H16O2S. The van der Waals surface area contributed by atoms with E-state index in [9.17, 15) is 0 Å². The minimum absolute atomic E-state index is 0.129. The van der Waals surface area contributed by atoms with E-state index >= 15 is 0 Å². The second kappa shape index (κ2) is 4.74. The summed E-state index contributed by atoms with van der Waals surface area (Å²) in [7, 11) is 0. The second-order valence-electron chi connectivity index (χ2n) is 3.95. The maximum absolute atomic E-state index is 8.97. The van der Waals surface area contributed by atoms with Crippen molar-refractivity contribution in [1.29, 1.82) is 0 Å². The summed E-state index contributed by atoms with van der Waals surface area (Å²) in [5, 5.41) is 13.1. The Morgan fingerprint density at radius 3 is 2.85 bits per heavy atom. The van der Waals surface area contributed by atoms with Gasteiger partial charge in [-0.2, -0.15) is 11.3 Å². The molecule has 0 aliphatic rings.